The zero-order valence-electron chi connectivity index (χ0n) is 29.8. The number of aliphatic hydroxyl groups is 1. The minimum atomic E-state index is -1.45. The first-order valence-corrected chi connectivity index (χ1v) is 16.7. The highest BCUT2D eigenvalue weighted by Crippen LogP contribution is 2.33. The third-order valence-corrected chi connectivity index (χ3v) is 7.37. The van der Waals surface area contributed by atoms with E-state index in [1.807, 2.05) is 30.3 Å². The number of unbranched alkanes of at least 4 members (excludes halogenated alkanes) is 4. The predicted molar refractivity (Wildman–Crippen MR) is 184 cm³/mol. The van der Waals surface area contributed by atoms with Crippen molar-refractivity contribution >= 4 is 23.9 Å². The number of carbonyl (C=O) groups is 4. The second-order valence-electron chi connectivity index (χ2n) is 14.0. The van der Waals surface area contributed by atoms with Gasteiger partial charge in [0.25, 0.3) is 0 Å². The molecule has 0 radical (unpaired) electrons. The topological polar surface area (TPSA) is 154 Å². The third kappa shape index (κ3) is 13.2. The van der Waals surface area contributed by atoms with Crippen LogP contribution in [0.3, 0.4) is 0 Å². The highest BCUT2D eigenvalue weighted by Gasteiger charge is 2.39. The van der Waals surface area contributed by atoms with Crippen molar-refractivity contribution in [1.29, 1.82) is 0 Å². The van der Waals surface area contributed by atoms with Crippen LogP contribution in [0, 0.1) is 6.92 Å². The Hall–Kier alpha value is -4.12. The summed E-state index contributed by atoms with van der Waals surface area (Å²) in [5.74, 6) is -2.35. The number of alkyl carbamates (subject to hydrolysis) is 1. The number of ether oxygens (including phenoxy) is 2. The van der Waals surface area contributed by atoms with Gasteiger partial charge in [0.05, 0.1) is 6.61 Å². The quantitative estimate of drug-likeness (QED) is 0.135. The molecule has 48 heavy (non-hydrogen) atoms. The highest BCUT2D eigenvalue weighted by atomic mass is 16.6. The maximum atomic E-state index is 14.5. The number of rotatable bonds is 16. The van der Waals surface area contributed by atoms with Gasteiger partial charge in [0.2, 0.25) is 11.8 Å². The van der Waals surface area contributed by atoms with E-state index in [9.17, 15) is 29.4 Å². The maximum Gasteiger partial charge on any atom is 0.408 e. The number of phenolic OH excluding ortho intramolecular Hbond substituents is 1. The van der Waals surface area contributed by atoms with Crippen LogP contribution in [-0.4, -0.2) is 75.4 Å². The smallest absolute Gasteiger partial charge is 0.408 e. The number of amides is 3. The molecule has 2 aromatic carbocycles. The standard InChI is InChI=1S/C37H55N3O8/c1-9-10-11-12-16-22-40(33(44)29(24-41)39-35(46)48-37(6,7)8)30(27-21-17-18-25(2)31(27)42)32(43)38-28(34(45)47-36(3,4)5)23-26-19-14-13-15-20-26/h13-15,17-21,28-30,41-42H,9-12,16,22-24H2,1-8H3,(H,38,43)(H,39,46). The van der Waals surface area contributed by atoms with E-state index >= 15 is 0 Å². The van der Waals surface area contributed by atoms with Gasteiger partial charge in [0, 0.05) is 18.5 Å². The third-order valence-electron chi connectivity index (χ3n) is 7.37. The van der Waals surface area contributed by atoms with Crippen LogP contribution < -0.4 is 10.6 Å². The molecular formula is C37H55N3O8. The average molecular weight is 670 g/mol. The molecule has 3 amide bonds. The van der Waals surface area contributed by atoms with Gasteiger partial charge in [0.15, 0.2) is 0 Å². The van der Waals surface area contributed by atoms with Crippen molar-refractivity contribution in [2.75, 3.05) is 13.2 Å². The average Bonchev–Trinajstić information content (AvgIpc) is 2.99. The summed E-state index contributed by atoms with van der Waals surface area (Å²) in [4.78, 5) is 56.2. The maximum absolute atomic E-state index is 14.5. The molecule has 3 atom stereocenters. The van der Waals surface area contributed by atoms with Crippen LogP contribution in [0.1, 0.15) is 103 Å². The lowest BCUT2D eigenvalue weighted by Crippen LogP contribution is -2.56. The van der Waals surface area contributed by atoms with Gasteiger partial charge in [-0.1, -0.05) is 81.1 Å². The molecule has 0 aromatic heterocycles. The Morgan fingerprint density at radius 2 is 1.44 bits per heavy atom. The molecule has 0 heterocycles. The Labute approximate surface area is 285 Å². The van der Waals surface area contributed by atoms with Crippen LogP contribution in [0.25, 0.3) is 0 Å². The fraction of sp³-hybridized carbons (Fsp3) is 0.568. The van der Waals surface area contributed by atoms with Crippen molar-refractivity contribution < 1.29 is 38.9 Å². The lowest BCUT2D eigenvalue weighted by molar-refractivity contribution is -0.159. The number of hydrogen-bond acceptors (Lipinski definition) is 8. The number of phenols is 1. The van der Waals surface area contributed by atoms with Crippen LogP contribution in [-0.2, 0) is 30.3 Å². The summed E-state index contributed by atoms with van der Waals surface area (Å²) >= 11 is 0. The van der Waals surface area contributed by atoms with Crippen LogP contribution in [0.4, 0.5) is 4.79 Å². The van der Waals surface area contributed by atoms with Gasteiger partial charge in [-0.2, -0.15) is 0 Å². The minimum absolute atomic E-state index is 0.0658. The molecule has 0 saturated carbocycles. The second kappa shape index (κ2) is 18.4. The molecule has 2 aromatic rings. The summed E-state index contributed by atoms with van der Waals surface area (Å²) in [6.07, 6.45) is 3.36. The van der Waals surface area contributed by atoms with Crippen LogP contribution in [0.5, 0.6) is 5.75 Å². The fourth-order valence-corrected chi connectivity index (χ4v) is 5.11. The van der Waals surface area contributed by atoms with Gasteiger partial charge in [-0.05, 0) is 66.0 Å². The molecule has 0 aliphatic rings. The highest BCUT2D eigenvalue weighted by molar-refractivity contribution is 5.94. The van der Waals surface area contributed by atoms with E-state index in [4.69, 9.17) is 9.47 Å². The number of esters is 1. The monoisotopic (exact) mass is 669 g/mol. The van der Waals surface area contributed by atoms with Gasteiger partial charge in [0.1, 0.15) is 35.1 Å². The lowest BCUT2D eigenvalue weighted by atomic mass is 9.97. The molecule has 4 N–H and O–H groups in total. The van der Waals surface area contributed by atoms with Crippen molar-refractivity contribution in [2.24, 2.45) is 0 Å². The van der Waals surface area contributed by atoms with E-state index in [2.05, 4.69) is 17.6 Å². The second-order valence-corrected chi connectivity index (χ2v) is 14.0. The normalized spacial score (nSPS) is 13.5. The number of aromatic hydroxyl groups is 1. The number of carbonyl (C=O) groups excluding carboxylic acids is 4. The van der Waals surface area contributed by atoms with Crippen molar-refractivity contribution in [3.63, 3.8) is 0 Å². The summed E-state index contributed by atoms with van der Waals surface area (Å²) in [5, 5.41) is 26.8. The lowest BCUT2D eigenvalue weighted by Gasteiger charge is -2.35. The SMILES string of the molecule is CCCCCCCN(C(=O)C(CO)NC(=O)OC(C)(C)C)C(C(=O)NC(Cc1ccccc1)C(=O)OC(C)(C)C)c1cccc(C)c1O. The Kier molecular flexibility index (Phi) is 15.4. The number of aryl methyl sites for hydroxylation is 1. The first-order valence-electron chi connectivity index (χ1n) is 16.7. The molecule has 11 heteroatoms. The molecule has 0 aliphatic heterocycles. The zero-order valence-corrected chi connectivity index (χ0v) is 29.8. The van der Waals surface area contributed by atoms with Crippen LogP contribution in [0.2, 0.25) is 0 Å². The van der Waals surface area contributed by atoms with Gasteiger partial charge in [-0.3, -0.25) is 9.59 Å². The Bertz CT molecular complexity index is 1350. The fourth-order valence-electron chi connectivity index (χ4n) is 5.11. The summed E-state index contributed by atoms with van der Waals surface area (Å²) in [5.41, 5.74) is -0.329. The molecule has 3 unspecified atom stereocenters. The van der Waals surface area contributed by atoms with Crippen molar-refractivity contribution in [1.82, 2.24) is 15.5 Å². The van der Waals surface area contributed by atoms with Crippen LogP contribution >= 0.6 is 0 Å². The van der Waals surface area contributed by atoms with E-state index in [-0.39, 0.29) is 24.3 Å². The summed E-state index contributed by atoms with van der Waals surface area (Å²) in [7, 11) is 0. The van der Waals surface area contributed by atoms with Gasteiger partial charge >= 0.3 is 12.1 Å². The first-order chi connectivity index (χ1) is 22.5. The Morgan fingerprint density at radius 3 is 2.02 bits per heavy atom. The number of nitrogens with one attached hydrogen (secondary N) is 2. The van der Waals surface area contributed by atoms with Crippen molar-refractivity contribution in [3.8, 4) is 5.75 Å². The minimum Gasteiger partial charge on any atom is -0.507 e. The van der Waals surface area contributed by atoms with E-state index < -0.39 is 59.8 Å². The Balaban J connectivity index is 2.63. The first kappa shape index (κ1) is 40.1. The van der Waals surface area contributed by atoms with E-state index in [0.717, 1.165) is 31.2 Å². The molecule has 0 aliphatic carbocycles. The number of hydrogen-bond donors (Lipinski definition) is 4. The molecule has 0 fully saturated rings. The molecule has 0 bridgehead atoms. The summed E-state index contributed by atoms with van der Waals surface area (Å²) < 4.78 is 11.0. The van der Waals surface area contributed by atoms with E-state index in [1.54, 1.807) is 66.7 Å². The summed E-state index contributed by atoms with van der Waals surface area (Å²) in [6, 6.07) is 9.99. The van der Waals surface area contributed by atoms with Gasteiger partial charge in [-0.25, -0.2) is 9.59 Å². The molecule has 0 saturated heterocycles. The number of para-hydroxylation sites is 1. The van der Waals surface area contributed by atoms with Crippen molar-refractivity contribution in [3.05, 3.63) is 65.2 Å². The predicted octanol–water partition coefficient (Wildman–Crippen LogP) is 5.50. The zero-order chi connectivity index (χ0) is 36.1. The number of aliphatic hydroxyl groups excluding tert-OH is 1. The molecular weight excluding hydrogens is 614 g/mol. The largest absolute Gasteiger partial charge is 0.507 e. The van der Waals surface area contributed by atoms with Crippen LogP contribution in [0.15, 0.2) is 48.5 Å². The number of nitrogens with zero attached hydrogens (tertiary/aromatic N) is 1. The number of benzene rings is 2. The van der Waals surface area contributed by atoms with E-state index in [0.29, 0.717) is 12.0 Å². The summed E-state index contributed by atoms with van der Waals surface area (Å²) in [6.45, 7) is 13.2. The molecule has 2 rings (SSSR count). The molecule has 11 nitrogen and oxygen atoms in total. The van der Waals surface area contributed by atoms with E-state index in [1.165, 1.54) is 4.90 Å². The Morgan fingerprint density at radius 1 is 0.812 bits per heavy atom. The molecule has 266 valence electrons. The molecule has 0 spiro atoms. The van der Waals surface area contributed by atoms with Crippen molar-refractivity contribution in [2.45, 2.75) is 123 Å². The van der Waals surface area contributed by atoms with Gasteiger partial charge < -0.3 is 35.2 Å². The van der Waals surface area contributed by atoms with Gasteiger partial charge in [-0.15, -0.1) is 0 Å².